The fourth-order valence-corrected chi connectivity index (χ4v) is 1.94. The summed E-state index contributed by atoms with van der Waals surface area (Å²) in [5.41, 5.74) is 1.44. The maximum Gasteiger partial charge on any atom is 0.339 e. The van der Waals surface area contributed by atoms with Crippen molar-refractivity contribution in [3.63, 3.8) is 0 Å². The highest BCUT2D eigenvalue weighted by Crippen LogP contribution is 2.20. The number of halogens is 1. The Kier molecular flexibility index (Phi) is 3.75. The summed E-state index contributed by atoms with van der Waals surface area (Å²) in [5.74, 6) is -0.630. The topological polar surface area (TPSA) is 75.1 Å². The Hall–Kier alpha value is -1.70. The zero-order valence-electron chi connectivity index (χ0n) is 9.51. The first-order chi connectivity index (χ1) is 8.58. The number of para-hydroxylation sites is 1. The molecule has 1 aromatic carbocycles. The van der Waals surface area contributed by atoms with E-state index in [-0.39, 0.29) is 5.56 Å². The van der Waals surface area contributed by atoms with Crippen molar-refractivity contribution in [2.75, 3.05) is 5.32 Å². The molecule has 0 unspecified atom stereocenters. The van der Waals surface area contributed by atoms with Crippen LogP contribution in [0.2, 0.25) is 0 Å². The van der Waals surface area contributed by atoms with Crippen molar-refractivity contribution in [3.05, 3.63) is 45.3 Å². The number of aromatic nitrogens is 2. The van der Waals surface area contributed by atoms with E-state index < -0.39 is 5.97 Å². The van der Waals surface area contributed by atoms with Crippen molar-refractivity contribution in [2.45, 2.75) is 6.92 Å². The molecule has 0 aliphatic rings. The number of carboxylic acid groups (broad SMARTS) is 1. The Bertz CT molecular complexity index is 602. The van der Waals surface area contributed by atoms with Gasteiger partial charge in [0.15, 0.2) is 0 Å². The second kappa shape index (κ2) is 5.30. The second-order valence-electron chi connectivity index (χ2n) is 3.60. The van der Waals surface area contributed by atoms with Gasteiger partial charge in [0.25, 0.3) is 0 Å². The molecular weight excluding hydrogens is 345 g/mol. The third kappa shape index (κ3) is 2.76. The maximum atomic E-state index is 10.8. The standard InChI is InChI=1S/C12H10IN3O2/c1-7-8(11(17)18)6-14-12(15-7)16-10-5-3-2-4-9(10)13/h2-6H,1H3,(H,17,18)(H,14,15,16). The van der Waals surface area contributed by atoms with Crippen LogP contribution in [0.4, 0.5) is 11.6 Å². The van der Waals surface area contributed by atoms with Crippen molar-refractivity contribution in [3.8, 4) is 0 Å². The number of hydrogen-bond donors (Lipinski definition) is 2. The number of aryl methyl sites for hydroxylation is 1. The van der Waals surface area contributed by atoms with E-state index in [9.17, 15) is 4.79 Å². The first-order valence-corrected chi connectivity index (χ1v) is 6.24. The third-order valence-electron chi connectivity index (χ3n) is 2.33. The zero-order valence-corrected chi connectivity index (χ0v) is 11.7. The summed E-state index contributed by atoms with van der Waals surface area (Å²) in [6.07, 6.45) is 1.31. The van der Waals surface area contributed by atoms with Gasteiger partial charge in [0, 0.05) is 9.77 Å². The van der Waals surface area contributed by atoms with Crippen LogP contribution in [0.1, 0.15) is 16.1 Å². The van der Waals surface area contributed by atoms with Gasteiger partial charge < -0.3 is 10.4 Å². The van der Waals surface area contributed by atoms with Gasteiger partial charge in [0.05, 0.1) is 16.9 Å². The molecule has 0 spiro atoms. The van der Waals surface area contributed by atoms with Gasteiger partial charge in [0.1, 0.15) is 0 Å². The van der Waals surface area contributed by atoms with Gasteiger partial charge in [-0.2, -0.15) is 0 Å². The van der Waals surface area contributed by atoms with Crippen LogP contribution < -0.4 is 5.32 Å². The van der Waals surface area contributed by atoms with Crippen LogP contribution >= 0.6 is 22.6 Å². The highest BCUT2D eigenvalue weighted by atomic mass is 127. The lowest BCUT2D eigenvalue weighted by atomic mass is 10.2. The number of carboxylic acids is 1. The number of nitrogens with zero attached hydrogens (tertiary/aromatic N) is 2. The largest absolute Gasteiger partial charge is 0.478 e. The number of aromatic carboxylic acids is 1. The maximum absolute atomic E-state index is 10.8. The lowest BCUT2D eigenvalue weighted by Gasteiger charge is -2.08. The van der Waals surface area contributed by atoms with Crippen molar-refractivity contribution in [1.82, 2.24) is 9.97 Å². The summed E-state index contributed by atoms with van der Waals surface area (Å²) >= 11 is 2.20. The van der Waals surface area contributed by atoms with Crippen molar-refractivity contribution >= 4 is 40.2 Å². The monoisotopic (exact) mass is 355 g/mol. The predicted octanol–water partition coefficient (Wildman–Crippen LogP) is 2.83. The van der Waals surface area contributed by atoms with Crippen molar-refractivity contribution < 1.29 is 9.90 Å². The molecular formula is C12H10IN3O2. The third-order valence-corrected chi connectivity index (χ3v) is 3.27. The fourth-order valence-electron chi connectivity index (χ4n) is 1.42. The summed E-state index contributed by atoms with van der Waals surface area (Å²) in [6.45, 7) is 1.65. The van der Waals surface area contributed by atoms with Gasteiger partial charge in [-0.25, -0.2) is 14.8 Å². The molecule has 0 bridgehead atoms. The summed E-state index contributed by atoms with van der Waals surface area (Å²) in [6, 6.07) is 7.71. The Morgan fingerprint density at radius 1 is 1.39 bits per heavy atom. The van der Waals surface area contributed by atoms with Crippen LogP contribution in [0.25, 0.3) is 0 Å². The summed E-state index contributed by atoms with van der Waals surface area (Å²) in [7, 11) is 0. The molecule has 0 amide bonds. The summed E-state index contributed by atoms with van der Waals surface area (Å²) in [5, 5.41) is 11.9. The molecule has 0 saturated heterocycles. The molecule has 0 atom stereocenters. The van der Waals surface area contributed by atoms with E-state index in [1.807, 2.05) is 24.3 Å². The van der Waals surface area contributed by atoms with E-state index in [1.54, 1.807) is 6.92 Å². The number of hydrogen-bond acceptors (Lipinski definition) is 4. The summed E-state index contributed by atoms with van der Waals surface area (Å²) in [4.78, 5) is 19.0. The number of nitrogens with one attached hydrogen (secondary N) is 1. The van der Waals surface area contributed by atoms with E-state index >= 15 is 0 Å². The van der Waals surface area contributed by atoms with Crippen LogP contribution in [0.15, 0.2) is 30.5 Å². The van der Waals surface area contributed by atoms with Crippen molar-refractivity contribution in [1.29, 1.82) is 0 Å². The lowest BCUT2D eigenvalue weighted by molar-refractivity contribution is 0.0695. The minimum Gasteiger partial charge on any atom is -0.478 e. The van der Waals surface area contributed by atoms with Crippen LogP contribution in [0, 0.1) is 10.5 Å². The quantitative estimate of drug-likeness (QED) is 0.829. The minimum atomic E-state index is -1.02. The molecule has 0 radical (unpaired) electrons. The van der Waals surface area contributed by atoms with Gasteiger partial charge in [-0.3, -0.25) is 0 Å². The first kappa shape index (κ1) is 12.7. The molecule has 5 nitrogen and oxygen atoms in total. The Labute approximate surface area is 117 Å². The zero-order chi connectivity index (χ0) is 13.1. The molecule has 0 aliphatic heterocycles. The molecule has 92 valence electrons. The van der Waals surface area contributed by atoms with Crippen LogP contribution in [0.5, 0.6) is 0 Å². The van der Waals surface area contributed by atoms with E-state index in [0.717, 1.165) is 9.26 Å². The SMILES string of the molecule is Cc1nc(Nc2ccccc2I)ncc1C(=O)O. The van der Waals surface area contributed by atoms with E-state index in [0.29, 0.717) is 11.6 Å². The molecule has 18 heavy (non-hydrogen) atoms. The molecule has 0 aliphatic carbocycles. The number of rotatable bonds is 3. The molecule has 2 aromatic rings. The van der Waals surface area contributed by atoms with Gasteiger partial charge in [0.2, 0.25) is 5.95 Å². The highest BCUT2D eigenvalue weighted by molar-refractivity contribution is 14.1. The average molecular weight is 355 g/mol. The normalized spacial score (nSPS) is 10.1. The van der Waals surface area contributed by atoms with Gasteiger partial charge >= 0.3 is 5.97 Å². The fraction of sp³-hybridized carbons (Fsp3) is 0.0833. The predicted molar refractivity (Wildman–Crippen MR) is 76.2 cm³/mol. The van der Waals surface area contributed by atoms with Crippen molar-refractivity contribution in [2.24, 2.45) is 0 Å². The van der Waals surface area contributed by atoms with Gasteiger partial charge in [-0.1, -0.05) is 12.1 Å². The molecule has 2 rings (SSSR count). The molecule has 0 fully saturated rings. The smallest absolute Gasteiger partial charge is 0.339 e. The number of carbonyl (C=O) groups is 1. The number of benzene rings is 1. The first-order valence-electron chi connectivity index (χ1n) is 5.16. The lowest BCUT2D eigenvalue weighted by Crippen LogP contribution is -2.06. The number of anilines is 2. The van der Waals surface area contributed by atoms with Crippen LogP contribution in [-0.2, 0) is 0 Å². The Morgan fingerprint density at radius 2 is 2.11 bits per heavy atom. The molecule has 1 heterocycles. The van der Waals surface area contributed by atoms with E-state index in [2.05, 4.69) is 37.9 Å². The Morgan fingerprint density at radius 3 is 2.72 bits per heavy atom. The van der Waals surface area contributed by atoms with E-state index in [1.165, 1.54) is 6.20 Å². The molecule has 0 saturated carbocycles. The second-order valence-corrected chi connectivity index (χ2v) is 4.76. The average Bonchev–Trinajstić information content (AvgIpc) is 2.32. The van der Waals surface area contributed by atoms with E-state index in [4.69, 9.17) is 5.11 Å². The van der Waals surface area contributed by atoms with Gasteiger partial charge in [-0.15, -0.1) is 0 Å². The van der Waals surface area contributed by atoms with Crippen LogP contribution in [-0.4, -0.2) is 21.0 Å². The molecule has 1 aromatic heterocycles. The minimum absolute atomic E-state index is 0.114. The summed E-state index contributed by atoms with van der Waals surface area (Å²) < 4.78 is 1.04. The molecule has 2 N–H and O–H groups in total. The van der Waals surface area contributed by atoms with Crippen LogP contribution in [0.3, 0.4) is 0 Å². The molecule has 6 heteroatoms. The highest BCUT2D eigenvalue weighted by Gasteiger charge is 2.10. The Balaban J connectivity index is 2.29. The van der Waals surface area contributed by atoms with Gasteiger partial charge in [-0.05, 0) is 41.6 Å².